The number of aromatic nitrogens is 3. The van der Waals surface area contributed by atoms with Crippen LogP contribution in [0.1, 0.15) is 18.1 Å². The molecule has 1 aliphatic carbocycles. The zero-order valence-electron chi connectivity index (χ0n) is 15.9. The maximum absolute atomic E-state index is 12.6. The lowest BCUT2D eigenvalue weighted by Gasteiger charge is -2.10. The maximum Gasteiger partial charge on any atom is 0.283 e. The number of carbonyl (C=O) groups excluding carboxylic acids is 1. The van der Waals surface area contributed by atoms with Crippen LogP contribution in [-0.2, 0) is 9.53 Å². The minimum atomic E-state index is -0.453. The Balaban J connectivity index is 1.80. The van der Waals surface area contributed by atoms with Gasteiger partial charge in [0.1, 0.15) is 10.8 Å². The lowest BCUT2D eigenvalue weighted by Crippen LogP contribution is -2.17. The van der Waals surface area contributed by atoms with E-state index >= 15 is 0 Å². The highest BCUT2D eigenvalue weighted by Gasteiger charge is 2.16. The topological polar surface area (TPSA) is 99.6 Å². The van der Waals surface area contributed by atoms with Gasteiger partial charge in [-0.15, -0.1) is 0 Å². The largest absolute Gasteiger partial charge is 0.490 e. The van der Waals surface area contributed by atoms with E-state index in [-0.39, 0.29) is 22.9 Å². The van der Waals surface area contributed by atoms with Crippen LogP contribution in [-0.4, -0.2) is 27.0 Å². The first-order chi connectivity index (χ1) is 14.0. The van der Waals surface area contributed by atoms with Gasteiger partial charge in [0.05, 0.1) is 12.2 Å². The number of allylic oxidation sites excluding steroid dienone is 4. The average Bonchev–Trinajstić information content (AvgIpc) is 3.12. The molecule has 0 bridgehead atoms. The zero-order valence-corrected chi connectivity index (χ0v) is 16.7. The number of nitrogens with zero attached hydrogens (tertiary/aromatic N) is 3. The van der Waals surface area contributed by atoms with Crippen molar-refractivity contribution in [2.45, 2.75) is 13.8 Å². The van der Waals surface area contributed by atoms with E-state index in [1.54, 1.807) is 25.2 Å². The Labute approximate surface area is 170 Å². The predicted molar refractivity (Wildman–Crippen MR) is 114 cm³/mol. The van der Waals surface area contributed by atoms with Crippen molar-refractivity contribution < 1.29 is 9.53 Å². The van der Waals surface area contributed by atoms with Gasteiger partial charge in [-0.1, -0.05) is 47.2 Å². The molecule has 0 amide bonds. The highest BCUT2D eigenvalue weighted by Crippen LogP contribution is 2.27. The number of ketones is 1. The van der Waals surface area contributed by atoms with Crippen LogP contribution in [0.2, 0.25) is 0 Å². The summed E-state index contributed by atoms with van der Waals surface area (Å²) in [6.45, 7) is 4.18. The van der Waals surface area contributed by atoms with Crippen LogP contribution in [0, 0.1) is 6.92 Å². The van der Waals surface area contributed by atoms with Gasteiger partial charge in [0.15, 0.2) is 5.76 Å². The standard InChI is InChI=1S/C21H18N4O3S/c1-3-28-17-11-13(6-9-16(17)26)10-15-18(22)25-21(23-19(15)27)29-20(24-25)14-7-4-12(2)5-8-14/h4-11H,3,22H2,1-2H3/b13-10-. The second-order valence-electron chi connectivity index (χ2n) is 6.47. The number of benzene rings is 1. The molecule has 3 aromatic rings. The lowest BCUT2D eigenvalue weighted by atomic mass is 10.0. The van der Waals surface area contributed by atoms with Gasteiger partial charge in [-0.05, 0) is 37.6 Å². The van der Waals surface area contributed by atoms with E-state index in [0.717, 1.165) is 16.1 Å². The quantitative estimate of drug-likeness (QED) is 0.714. The highest BCUT2D eigenvalue weighted by molar-refractivity contribution is 7.19. The molecule has 2 aromatic heterocycles. The fourth-order valence-corrected chi connectivity index (χ4v) is 3.78. The number of hydrogen-bond donors (Lipinski definition) is 1. The fraction of sp³-hybridized carbons (Fsp3) is 0.143. The fourth-order valence-electron chi connectivity index (χ4n) is 2.88. The number of carbonyl (C=O) groups is 1. The van der Waals surface area contributed by atoms with Gasteiger partial charge in [0.2, 0.25) is 10.7 Å². The molecule has 2 N–H and O–H groups in total. The van der Waals surface area contributed by atoms with Crippen molar-refractivity contribution in [2.75, 3.05) is 12.3 Å². The smallest absolute Gasteiger partial charge is 0.283 e. The Morgan fingerprint density at radius 3 is 2.69 bits per heavy atom. The third-order valence-corrected chi connectivity index (χ3v) is 5.33. The third kappa shape index (κ3) is 3.62. The van der Waals surface area contributed by atoms with Crippen LogP contribution in [0.15, 0.2) is 58.6 Å². The van der Waals surface area contributed by atoms with Gasteiger partial charge in [-0.3, -0.25) is 9.59 Å². The number of fused-ring (bicyclic) bond motifs is 1. The molecular weight excluding hydrogens is 388 g/mol. The normalized spacial score (nSPS) is 15.2. The molecule has 29 heavy (non-hydrogen) atoms. The number of aryl methyl sites for hydroxylation is 1. The van der Waals surface area contributed by atoms with E-state index < -0.39 is 5.56 Å². The molecule has 146 valence electrons. The van der Waals surface area contributed by atoms with E-state index in [2.05, 4.69) is 10.1 Å². The van der Waals surface area contributed by atoms with Crippen LogP contribution in [0.3, 0.4) is 0 Å². The van der Waals surface area contributed by atoms with Gasteiger partial charge < -0.3 is 10.5 Å². The van der Waals surface area contributed by atoms with Crippen LogP contribution in [0.5, 0.6) is 0 Å². The maximum atomic E-state index is 12.6. The number of hydrogen-bond acceptors (Lipinski definition) is 7. The number of nitrogens with two attached hydrogens (primary N) is 1. The molecule has 0 radical (unpaired) electrons. The van der Waals surface area contributed by atoms with E-state index in [4.69, 9.17) is 10.5 Å². The molecule has 1 aromatic carbocycles. The summed E-state index contributed by atoms with van der Waals surface area (Å²) in [7, 11) is 0. The van der Waals surface area contributed by atoms with Crippen LogP contribution in [0.25, 0.3) is 21.6 Å². The number of nitrogen functional groups attached to an aromatic ring is 1. The number of anilines is 1. The van der Waals surface area contributed by atoms with Crippen LogP contribution >= 0.6 is 11.3 Å². The molecule has 4 rings (SSSR count). The molecule has 0 saturated heterocycles. The highest BCUT2D eigenvalue weighted by atomic mass is 32.1. The van der Waals surface area contributed by atoms with Gasteiger partial charge >= 0.3 is 0 Å². The molecule has 0 fully saturated rings. The monoisotopic (exact) mass is 406 g/mol. The predicted octanol–water partition coefficient (Wildman–Crippen LogP) is 3.15. The van der Waals surface area contributed by atoms with Crippen molar-refractivity contribution in [3.63, 3.8) is 0 Å². The summed E-state index contributed by atoms with van der Waals surface area (Å²) in [5.74, 6) is 0.201. The van der Waals surface area contributed by atoms with Crippen molar-refractivity contribution in [1.82, 2.24) is 14.6 Å². The average molecular weight is 406 g/mol. The molecule has 7 nitrogen and oxygen atoms in total. The van der Waals surface area contributed by atoms with Crippen LogP contribution in [0.4, 0.5) is 5.82 Å². The Bertz CT molecular complexity index is 1260. The summed E-state index contributed by atoms with van der Waals surface area (Å²) in [5, 5.41) is 5.25. The van der Waals surface area contributed by atoms with Crippen molar-refractivity contribution in [2.24, 2.45) is 0 Å². The second-order valence-corrected chi connectivity index (χ2v) is 7.42. The van der Waals surface area contributed by atoms with Gasteiger partial charge in [-0.25, -0.2) is 0 Å². The van der Waals surface area contributed by atoms with Crippen molar-refractivity contribution in [3.8, 4) is 10.6 Å². The number of ether oxygens (including phenoxy) is 1. The van der Waals surface area contributed by atoms with E-state index in [0.29, 0.717) is 17.1 Å². The molecule has 0 atom stereocenters. The first-order valence-corrected chi connectivity index (χ1v) is 9.83. The Morgan fingerprint density at radius 1 is 1.21 bits per heavy atom. The molecule has 8 heteroatoms. The molecule has 2 heterocycles. The summed E-state index contributed by atoms with van der Waals surface area (Å²) in [6, 6.07) is 7.93. The Kier molecular flexibility index (Phi) is 4.85. The molecule has 0 saturated carbocycles. The van der Waals surface area contributed by atoms with Crippen molar-refractivity contribution >= 4 is 34.0 Å². The lowest BCUT2D eigenvalue weighted by molar-refractivity contribution is -0.114. The summed E-state index contributed by atoms with van der Waals surface area (Å²) < 4.78 is 6.80. The summed E-state index contributed by atoms with van der Waals surface area (Å²) in [4.78, 5) is 29.0. The molecular formula is C21H18N4O3S. The molecule has 1 aliphatic rings. The van der Waals surface area contributed by atoms with Crippen molar-refractivity contribution in [3.05, 3.63) is 75.3 Å². The Hall–Kier alpha value is -3.52. The molecule has 0 aliphatic heterocycles. The second kappa shape index (κ2) is 7.48. The van der Waals surface area contributed by atoms with Gasteiger partial charge in [-0.2, -0.15) is 14.6 Å². The minimum absolute atomic E-state index is 0.193. The Morgan fingerprint density at radius 2 is 1.97 bits per heavy atom. The summed E-state index contributed by atoms with van der Waals surface area (Å²) >= 11 is 1.30. The first kappa shape index (κ1) is 18.8. The zero-order chi connectivity index (χ0) is 20.5. The summed E-state index contributed by atoms with van der Waals surface area (Å²) in [6.07, 6.45) is 6.18. The first-order valence-electron chi connectivity index (χ1n) is 9.01. The SMILES string of the molecule is CCOC1=C/C(=C\c2c(N)n3nc(-c4ccc(C)cc4)sc3nc2=O)C=CC1=O. The minimum Gasteiger partial charge on any atom is -0.490 e. The third-order valence-electron chi connectivity index (χ3n) is 4.37. The van der Waals surface area contributed by atoms with E-state index in [1.807, 2.05) is 31.2 Å². The van der Waals surface area contributed by atoms with Gasteiger partial charge in [0.25, 0.3) is 5.56 Å². The number of rotatable bonds is 4. The van der Waals surface area contributed by atoms with Crippen molar-refractivity contribution in [1.29, 1.82) is 0 Å². The van der Waals surface area contributed by atoms with E-state index in [1.165, 1.54) is 21.9 Å². The van der Waals surface area contributed by atoms with E-state index in [9.17, 15) is 9.59 Å². The summed E-state index contributed by atoms with van der Waals surface area (Å²) in [5.41, 5.74) is 8.70. The van der Waals surface area contributed by atoms with Crippen LogP contribution < -0.4 is 11.3 Å². The van der Waals surface area contributed by atoms with Gasteiger partial charge in [0, 0.05) is 5.56 Å². The molecule has 0 spiro atoms. The molecule has 0 unspecified atom stereocenters.